The molecule has 6 heteroatoms. The van der Waals surface area contributed by atoms with Crippen LogP contribution in [0.5, 0.6) is 0 Å². The van der Waals surface area contributed by atoms with Crippen molar-refractivity contribution in [1.29, 1.82) is 0 Å². The first-order valence-electron chi connectivity index (χ1n) is 5.81. The lowest BCUT2D eigenvalue weighted by atomic mass is 10.2. The van der Waals surface area contributed by atoms with E-state index < -0.39 is 0 Å². The van der Waals surface area contributed by atoms with Gasteiger partial charge in [0.1, 0.15) is 0 Å². The molecule has 2 aromatic rings. The monoisotopic (exact) mass is 287 g/mol. The van der Waals surface area contributed by atoms with Crippen molar-refractivity contribution in [2.75, 3.05) is 7.05 Å². The summed E-state index contributed by atoms with van der Waals surface area (Å²) in [6, 6.07) is 2.47. The zero-order valence-electron chi connectivity index (χ0n) is 10.8. The first-order valence-corrected chi connectivity index (χ1v) is 6.69. The van der Waals surface area contributed by atoms with Crippen LogP contribution in [-0.2, 0) is 12.8 Å². The van der Waals surface area contributed by atoms with Crippen LogP contribution in [0.15, 0.2) is 16.0 Å². The third kappa shape index (κ3) is 3.31. The van der Waals surface area contributed by atoms with E-state index in [4.69, 9.17) is 4.52 Å². The molecule has 0 fully saturated rings. The summed E-state index contributed by atoms with van der Waals surface area (Å²) < 4.78 is 5.32. The number of rotatable bonds is 5. The van der Waals surface area contributed by atoms with E-state index in [0.29, 0.717) is 11.9 Å². The maximum atomic E-state index is 5.32. The van der Waals surface area contributed by atoms with Crippen molar-refractivity contribution in [1.82, 2.24) is 15.5 Å². The second-order valence-corrected chi connectivity index (χ2v) is 4.95. The van der Waals surface area contributed by atoms with Gasteiger partial charge in [0.25, 0.3) is 5.89 Å². The average Bonchev–Trinajstić information content (AvgIpc) is 2.95. The van der Waals surface area contributed by atoms with E-state index in [1.165, 1.54) is 5.56 Å². The largest absolute Gasteiger partial charge is 0.333 e. The molecule has 1 unspecified atom stereocenters. The van der Waals surface area contributed by atoms with E-state index >= 15 is 0 Å². The second kappa shape index (κ2) is 6.87. The number of aryl methyl sites for hydroxylation is 1. The van der Waals surface area contributed by atoms with Crippen LogP contribution in [0.1, 0.15) is 25.2 Å². The van der Waals surface area contributed by atoms with Crippen LogP contribution in [0.25, 0.3) is 10.8 Å². The summed E-state index contributed by atoms with van der Waals surface area (Å²) in [5.41, 5.74) is 1.27. The quantitative estimate of drug-likeness (QED) is 0.919. The van der Waals surface area contributed by atoms with Crippen LogP contribution in [0.3, 0.4) is 0 Å². The molecule has 1 atom stereocenters. The lowest BCUT2D eigenvalue weighted by Gasteiger charge is -2.04. The minimum absolute atomic E-state index is 0. The topological polar surface area (TPSA) is 51.0 Å². The summed E-state index contributed by atoms with van der Waals surface area (Å²) in [4.78, 5) is 5.54. The van der Waals surface area contributed by atoms with Gasteiger partial charge in [0, 0.05) is 12.5 Å². The summed E-state index contributed by atoms with van der Waals surface area (Å²) >= 11 is 1.65. The fourth-order valence-corrected chi connectivity index (χ4v) is 2.52. The predicted octanol–water partition coefficient (Wildman–Crippen LogP) is 2.93. The lowest BCUT2D eigenvalue weighted by Crippen LogP contribution is -2.24. The van der Waals surface area contributed by atoms with Gasteiger partial charge in [-0.1, -0.05) is 12.1 Å². The van der Waals surface area contributed by atoms with Crippen LogP contribution >= 0.6 is 23.7 Å². The van der Waals surface area contributed by atoms with Crippen molar-refractivity contribution in [3.8, 4) is 10.8 Å². The van der Waals surface area contributed by atoms with E-state index in [2.05, 4.69) is 40.8 Å². The molecule has 0 bridgehead atoms. The molecule has 1 N–H and O–H groups in total. The molecule has 0 aromatic carbocycles. The van der Waals surface area contributed by atoms with Crippen molar-refractivity contribution in [2.45, 2.75) is 32.7 Å². The van der Waals surface area contributed by atoms with Gasteiger partial charge >= 0.3 is 0 Å². The lowest BCUT2D eigenvalue weighted by molar-refractivity contribution is 0.418. The first-order chi connectivity index (χ1) is 8.24. The Bertz CT molecular complexity index is 483. The molecule has 0 spiro atoms. The van der Waals surface area contributed by atoms with Crippen molar-refractivity contribution < 1.29 is 4.52 Å². The number of halogens is 1. The van der Waals surface area contributed by atoms with Gasteiger partial charge in [-0.05, 0) is 37.4 Å². The highest BCUT2D eigenvalue weighted by atomic mass is 35.5. The molecule has 0 saturated carbocycles. The highest BCUT2D eigenvalue weighted by Gasteiger charge is 2.14. The molecule has 4 nitrogen and oxygen atoms in total. The Kier molecular flexibility index (Phi) is 5.78. The van der Waals surface area contributed by atoms with Crippen LogP contribution in [0, 0.1) is 0 Å². The van der Waals surface area contributed by atoms with Gasteiger partial charge in [0.2, 0.25) is 0 Å². The molecule has 18 heavy (non-hydrogen) atoms. The normalized spacial score (nSPS) is 12.2. The van der Waals surface area contributed by atoms with Crippen LogP contribution in [0.4, 0.5) is 0 Å². The van der Waals surface area contributed by atoms with E-state index in [1.807, 2.05) is 7.05 Å². The van der Waals surface area contributed by atoms with Gasteiger partial charge < -0.3 is 9.84 Å². The number of nitrogens with zero attached hydrogens (tertiary/aromatic N) is 2. The van der Waals surface area contributed by atoms with Crippen LogP contribution in [0.2, 0.25) is 0 Å². The number of thiophene rings is 1. The summed E-state index contributed by atoms with van der Waals surface area (Å²) in [6.45, 7) is 4.23. The van der Waals surface area contributed by atoms with Gasteiger partial charge in [-0.3, -0.25) is 0 Å². The third-order valence-corrected chi connectivity index (χ3v) is 3.72. The highest BCUT2D eigenvalue weighted by Crippen LogP contribution is 2.28. The highest BCUT2D eigenvalue weighted by molar-refractivity contribution is 7.13. The first kappa shape index (κ1) is 15.1. The molecule has 0 radical (unpaired) electrons. The summed E-state index contributed by atoms with van der Waals surface area (Å²) in [5.74, 6) is 1.41. The Balaban J connectivity index is 0.00000162. The predicted molar refractivity (Wildman–Crippen MR) is 76.5 cm³/mol. The Morgan fingerprint density at radius 1 is 1.50 bits per heavy atom. The number of hydrogen-bond acceptors (Lipinski definition) is 5. The zero-order valence-corrected chi connectivity index (χ0v) is 12.4. The fraction of sp³-hybridized carbons (Fsp3) is 0.500. The smallest absolute Gasteiger partial charge is 0.268 e. The molecule has 100 valence electrons. The van der Waals surface area contributed by atoms with E-state index in [-0.39, 0.29) is 12.4 Å². The number of likely N-dealkylation sites (N-methyl/N-ethyl adjacent to an activating group) is 1. The molecule has 2 rings (SSSR count). The average molecular weight is 288 g/mol. The van der Waals surface area contributed by atoms with Crippen molar-refractivity contribution in [2.24, 2.45) is 0 Å². The van der Waals surface area contributed by atoms with Crippen LogP contribution < -0.4 is 5.32 Å². The molecular weight excluding hydrogens is 270 g/mol. The SMILES string of the molecule is CCc1ccsc1-c1nc(CC(C)NC)no1.Cl. The number of hydrogen-bond donors (Lipinski definition) is 1. The zero-order chi connectivity index (χ0) is 12.3. The molecular formula is C12H18ClN3OS. The van der Waals surface area contributed by atoms with Crippen molar-refractivity contribution >= 4 is 23.7 Å². The van der Waals surface area contributed by atoms with E-state index in [1.54, 1.807) is 11.3 Å². The van der Waals surface area contributed by atoms with Crippen LogP contribution in [-0.4, -0.2) is 23.2 Å². The van der Waals surface area contributed by atoms with Gasteiger partial charge in [-0.15, -0.1) is 23.7 Å². The Labute approximate surface area is 117 Å². The van der Waals surface area contributed by atoms with Crippen molar-refractivity contribution in [3.63, 3.8) is 0 Å². The van der Waals surface area contributed by atoms with Gasteiger partial charge in [0.15, 0.2) is 5.82 Å². The standard InChI is InChI=1S/C12H17N3OS.ClH/c1-4-9-5-6-17-11(9)12-14-10(15-16-12)7-8(2)13-3;/h5-6,8,13H,4,7H2,1-3H3;1H. The summed E-state index contributed by atoms with van der Waals surface area (Å²) in [6.07, 6.45) is 1.77. The number of aromatic nitrogens is 2. The third-order valence-electron chi connectivity index (χ3n) is 2.77. The van der Waals surface area contributed by atoms with Crippen molar-refractivity contribution in [3.05, 3.63) is 22.8 Å². The minimum Gasteiger partial charge on any atom is -0.333 e. The van der Waals surface area contributed by atoms with Gasteiger partial charge in [-0.2, -0.15) is 4.98 Å². The van der Waals surface area contributed by atoms with E-state index in [0.717, 1.165) is 23.5 Å². The van der Waals surface area contributed by atoms with Gasteiger partial charge in [-0.25, -0.2) is 0 Å². The van der Waals surface area contributed by atoms with E-state index in [9.17, 15) is 0 Å². The Morgan fingerprint density at radius 3 is 2.94 bits per heavy atom. The molecule has 0 amide bonds. The number of nitrogens with one attached hydrogen (secondary N) is 1. The van der Waals surface area contributed by atoms with Gasteiger partial charge in [0.05, 0.1) is 4.88 Å². The fourth-order valence-electron chi connectivity index (χ4n) is 1.61. The molecule has 2 heterocycles. The maximum absolute atomic E-state index is 5.32. The Morgan fingerprint density at radius 2 is 2.28 bits per heavy atom. The molecule has 0 saturated heterocycles. The summed E-state index contributed by atoms with van der Waals surface area (Å²) in [7, 11) is 1.93. The summed E-state index contributed by atoms with van der Waals surface area (Å²) in [5, 5.41) is 9.24. The molecule has 0 aliphatic heterocycles. The second-order valence-electron chi connectivity index (χ2n) is 4.04. The molecule has 0 aliphatic carbocycles. The maximum Gasteiger partial charge on any atom is 0.268 e. The Hall–Kier alpha value is -0.910. The molecule has 2 aromatic heterocycles. The minimum atomic E-state index is 0. The molecule has 0 aliphatic rings.